The Kier molecular flexibility index (Phi) is 4.55. The highest BCUT2D eigenvalue weighted by Crippen LogP contribution is 2.00. The molecule has 1 radical (unpaired) electrons. The Labute approximate surface area is 80.7 Å². The van der Waals surface area contributed by atoms with E-state index in [4.69, 9.17) is 4.74 Å². The van der Waals surface area contributed by atoms with Gasteiger partial charge in [-0.25, -0.2) is 0 Å². The van der Waals surface area contributed by atoms with Crippen molar-refractivity contribution in [1.29, 1.82) is 0 Å². The summed E-state index contributed by atoms with van der Waals surface area (Å²) in [7, 11) is 0. The Morgan fingerprint density at radius 3 is 2.62 bits per heavy atom. The van der Waals surface area contributed by atoms with E-state index in [0.29, 0.717) is 5.92 Å². The van der Waals surface area contributed by atoms with Gasteiger partial charge in [0.1, 0.15) is 0 Å². The Morgan fingerprint density at radius 2 is 2.00 bits per heavy atom. The number of hydrogen-bond donors (Lipinski definition) is 0. The lowest BCUT2D eigenvalue weighted by Gasteiger charge is -2.06. The van der Waals surface area contributed by atoms with Crippen molar-refractivity contribution in [3.63, 3.8) is 0 Å². The van der Waals surface area contributed by atoms with Crippen molar-refractivity contribution in [3.8, 4) is 0 Å². The molecule has 0 spiro atoms. The van der Waals surface area contributed by atoms with Crippen molar-refractivity contribution in [3.05, 3.63) is 42.8 Å². The molecule has 0 aliphatic carbocycles. The fourth-order valence-electron chi connectivity index (χ4n) is 1.12. The normalized spacial score (nSPS) is 10.7. The maximum Gasteiger partial charge on any atom is 0.0506 e. The van der Waals surface area contributed by atoms with Crippen LogP contribution in [0.1, 0.15) is 12.5 Å². The first-order chi connectivity index (χ1) is 6.29. The minimum atomic E-state index is 0.385. The van der Waals surface area contributed by atoms with Crippen LogP contribution in [0.15, 0.2) is 30.3 Å². The van der Waals surface area contributed by atoms with Crippen LogP contribution in [-0.4, -0.2) is 13.2 Å². The smallest absolute Gasteiger partial charge is 0.0506 e. The standard InChI is InChI=1S/C12H17O/c1-11(2)10-13-9-8-12-6-4-3-5-7-12/h3-7,11H,1,8-10H2,2H3. The molecule has 0 aliphatic heterocycles. The van der Waals surface area contributed by atoms with E-state index >= 15 is 0 Å². The molecule has 13 heavy (non-hydrogen) atoms. The monoisotopic (exact) mass is 177 g/mol. The van der Waals surface area contributed by atoms with Crippen LogP contribution in [0.5, 0.6) is 0 Å². The molecule has 1 aromatic rings. The van der Waals surface area contributed by atoms with Crippen molar-refractivity contribution in [1.82, 2.24) is 0 Å². The van der Waals surface area contributed by atoms with E-state index in [9.17, 15) is 0 Å². The third-order valence-corrected chi connectivity index (χ3v) is 1.78. The summed E-state index contributed by atoms with van der Waals surface area (Å²) in [5.74, 6) is 0.385. The van der Waals surface area contributed by atoms with Gasteiger partial charge < -0.3 is 4.74 Å². The molecule has 1 nitrogen and oxygen atoms in total. The van der Waals surface area contributed by atoms with E-state index in [1.807, 2.05) is 6.07 Å². The van der Waals surface area contributed by atoms with Crippen LogP contribution in [0.3, 0.4) is 0 Å². The van der Waals surface area contributed by atoms with Crippen LogP contribution >= 0.6 is 0 Å². The fourth-order valence-corrected chi connectivity index (χ4v) is 1.12. The van der Waals surface area contributed by atoms with Gasteiger partial charge in [0.2, 0.25) is 0 Å². The van der Waals surface area contributed by atoms with Crippen molar-refractivity contribution < 1.29 is 4.74 Å². The van der Waals surface area contributed by atoms with Gasteiger partial charge in [0.25, 0.3) is 0 Å². The van der Waals surface area contributed by atoms with Crippen LogP contribution in [0.25, 0.3) is 0 Å². The summed E-state index contributed by atoms with van der Waals surface area (Å²) in [4.78, 5) is 0. The Bertz CT molecular complexity index is 216. The second-order valence-electron chi connectivity index (χ2n) is 3.42. The molecular weight excluding hydrogens is 160 g/mol. The number of ether oxygens (including phenoxy) is 1. The molecule has 0 N–H and O–H groups in total. The highest BCUT2D eigenvalue weighted by molar-refractivity contribution is 5.14. The maximum absolute atomic E-state index is 5.44. The van der Waals surface area contributed by atoms with E-state index in [1.54, 1.807) is 0 Å². The van der Waals surface area contributed by atoms with Gasteiger partial charge in [0, 0.05) is 6.61 Å². The van der Waals surface area contributed by atoms with Gasteiger partial charge >= 0.3 is 0 Å². The average molecular weight is 177 g/mol. The van der Waals surface area contributed by atoms with Gasteiger partial charge in [-0.2, -0.15) is 0 Å². The number of rotatable bonds is 5. The summed E-state index contributed by atoms with van der Waals surface area (Å²) < 4.78 is 5.44. The molecule has 1 unspecified atom stereocenters. The second-order valence-corrected chi connectivity index (χ2v) is 3.42. The molecule has 0 saturated carbocycles. The molecule has 1 rings (SSSR count). The molecule has 0 bridgehead atoms. The van der Waals surface area contributed by atoms with Gasteiger partial charge in [0.15, 0.2) is 0 Å². The lowest BCUT2D eigenvalue weighted by atomic mass is 10.2. The van der Waals surface area contributed by atoms with E-state index in [0.717, 1.165) is 19.6 Å². The summed E-state index contributed by atoms with van der Waals surface area (Å²) in [5.41, 5.74) is 1.33. The van der Waals surface area contributed by atoms with Crippen LogP contribution in [-0.2, 0) is 11.2 Å². The predicted octanol–water partition coefficient (Wildman–Crippen LogP) is 2.72. The molecular formula is C12H17O. The first-order valence-corrected chi connectivity index (χ1v) is 4.74. The zero-order chi connectivity index (χ0) is 9.52. The molecule has 0 saturated heterocycles. The average Bonchev–Trinajstić information content (AvgIpc) is 2.14. The molecule has 1 atom stereocenters. The van der Waals surface area contributed by atoms with E-state index < -0.39 is 0 Å². The fraction of sp³-hybridized carbons (Fsp3) is 0.417. The van der Waals surface area contributed by atoms with Gasteiger partial charge in [0.05, 0.1) is 6.61 Å². The minimum Gasteiger partial charge on any atom is -0.381 e. The quantitative estimate of drug-likeness (QED) is 0.628. The molecule has 0 fully saturated rings. The third-order valence-electron chi connectivity index (χ3n) is 1.78. The second kappa shape index (κ2) is 5.76. The zero-order valence-corrected chi connectivity index (χ0v) is 8.20. The van der Waals surface area contributed by atoms with Crippen molar-refractivity contribution in [2.75, 3.05) is 13.2 Å². The van der Waals surface area contributed by atoms with Crippen molar-refractivity contribution in [2.45, 2.75) is 13.3 Å². The van der Waals surface area contributed by atoms with Crippen molar-refractivity contribution in [2.24, 2.45) is 5.92 Å². The summed E-state index contributed by atoms with van der Waals surface area (Å²) in [5, 5.41) is 0. The highest BCUT2D eigenvalue weighted by atomic mass is 16.5. The topological polar surface area (TPSA) is 9.23 Å². The van der Waals surface area contributed by atoms with Crippen LogP contribution in [0.2, 0.25) is 0 Å². The first-order valence-electron chi connectivity index (χ1n) is 4.74. The SMILES string of the molecule is [CH2]C(C)COCCc1ccccc1. The van der Waals surface area contributed by atoms with Gasteiger partial charge in [-0.3, -0.25) is 0 Å². The van der Waals surface area contributed by atoms with Crippen LogP contribution in [0.4, 0.5) is 0 Å². The summed E-state index contributed by atoms with van der Waals surface area (Å²) >= 11 is 0. The van der Waals surface area contributed by atoms with Crippen LogP contribution < -0.4 is 0 Å². The van der Waals surface area contributed by atoms with E-state index in [2.05, 4.69) is 38.1 Å². The lowest BCUT2D eigenvalue weighted by molar-refractivity contribution is 0.119. The third kappa shape index (κ3) is 4.69. The highest BCUT2D eigenvalue weighted by Gasteiger charge is 1.94. The molecule has 1 heteroatoms. The largest absolute Gasteiger partial charge is 0.381 e. The predicted molar refractivity (Wildman–Crippen MR) is 55.5 cm³/mol. The Balaban J connectivity index is 2.13. The maximum atomic E-state index is 5.44. The van der Waals surface area contributed by atoms with Gasteiger partial charge in [-0.1, -0.05) is 37.3 Å². The Morgan fingerprint density at radius 1 is 1.31 bits per heavy atom. The van der Waals surface area contributed by atoms with Crippen molar-refractivity contribution >= 4 is 0 Å². The Hall–Kier alpha value is -0.820. The number of benzene rings is 1. The minimum absolute atomic E-state index is 0.385. The lowest BCUT2D eigenvalue weighted by Crippen LogP contribution is -2.05. The zero-order valence-electron chi connectivity index (χ0n) is 8.20. The number of hydrogen-bond acceptors (Lipinski definition) is 1. The molecule has 0 aliphatic rings. The molecule has 1 aromatic carbocycles. The van der Waals surface area contributed by atoms with Gasteiger partial charge in [-0.15, -0.1) is 0 Å². The van der Waals surface area contributed by atoms with E-state index in [-0.39, 0.29) is 0 Å². The first kappa shape index (κ1) is 10.3. The molecule has 0 heterocycles. The van der Waals surface area contributed by atoms with Gasteiger partial charge in [-0.05, 0) is 24.8 Å². The molecule has 71 valence electrons. The summed E-state index contributed by atoms with van der Waals surface area (Å²) in [6.07, 6.45) is 0.994. The molecule has 0 amide bonds. The summed E-state index contributed by atoms with van der Waals surface area (Å²) in [6.45, 7) is 7.47. The molecule has 0 aromatic heterocycles. The van der Waals surface area contributed by atoms with E-state index in [1.165, 1.54) is 5.56 Å². The summed E-state index contributed by atoms with van der Waals surface area (Å²) in [6, 6.07) is 10.4. The van der Waals surface area contributed by atoms with Crippen LogP contribution in [0, 0.1) is 12.8 Å².